The topological polar surface area (TPSA) is 40.5 Å². The quantitative estimate of drug-likeness (QED) is 0.737. The van der Waals surface area contributed by atoms with Crippen LogP contribution in [0.1, 0.15) is 52.4 Å². The first-order chi connectivity index (χ1) is 7.01. The molecule has 2 N–H and O–H groups in total. The van der Waals surface area contributed by atoms with Crippen LogP contribution >= 0.6 is 0 Å². The van der Waals surface area contributed by atoms with E-state index >= 15 is 0 Å². The lowest BCUT2D eigenvalue weighted by Crippen LogP contribution is -2.57. The standard InChI is InChI=1S/C13H24O2/c1-10-6-11(2)8-13(15,7-10)12(9-14)4-3-5-12/h10-11,14-15H,3-9H2,1-2H3. The molecule has 2 rings (SSSR count). The molecule has 2 aliphatic rings. The summed E-state index contributed by atoms with van der Waals surface area (Å²) in [7, 11) is 0. The molecule has 0 aliphatic heterocycles. The third-order valence-electron chi connectivity index (χ3n) is 4.78. The van der Waals surface area contributed by atoms with Crippen LogP contribution < -0.4 is 0 Å². The average Bonchev–Trinajstić information content (AvgIpc) is 1.98. The molecule has 0 aromatic carbocycles. The van der Waals surface area contributed by atoms with Gasteiger partial charge in [-0.3, -0.25) is 0 Å². The van der Waals surface area contributed by atoms with Crippen molar-refractivity contribution >= 4 is 0 Å². The summed E-state index contributed by atoms with van der Waals surface area (Å²) in [5, 5.41) is 20.4. The van der Waals surface area contributed by atoms with Gasteiger partial charge in [0.05, 0.1) is 12.2 Å². The second-order valence-electron chi connectivity index (χ2n) is 6.18. The summed E-state index contributed by atoms with van der Waals surface area (Å²) in [5.74, 6) is 1.20. The Bertz CT molecular complexity index is 217. The van der Waals surface area contributed by atoms with Gasteiger partial charge in [0.25, 0.3) is 0 Å². The molecule has 0 radical (unpaired) electrons. The Kier molecular flexibility index (Phi) is 2.85. The summed E-state index contributed by atoms with van der Waals surface area (Å²) in [6.45, 7) is 4.62. The third kappa shape index (κ3) is 1.72. The van der Waals surface area contributed by atoms with E-state index in [1.54, 1.807) is 0 Å². The Morgan fingerprint density at radius 3 is 2.00 bits per heavy atom. The molecule has 0 aromatic heterocycles. The fourth-order valence-electron chi connectivity index (χ4n) is 3.90. The lowest BCUT2D eigenvalue weighted by atomic mass is 9.53. The van der Waals surface area contributed by atoms with Crippen molar-refractivity contribution in [2.75, 3.05) is 6.61 Å². The first-order valence-electron chi connectivity index (χ1n) is 6.35. The van der Waals surface area contributed by atoms with Gasteiger partial charge in [-0.15, -0.1) is 0 Å². The number of hydrogen-bond acceptors (Lipinski definition) is 2. The van der Waals surface area contributed by atoms with Crippen LogP contribution in [0, 0.1) is 17.3 Å². The van der Waals surface area contributed by atoms with Gasteiger partial charge in [0.2, 0.25) is 0 Å². The highest BCUT2D eigenvalue weighted by molar-refractivity contribution is 5.06. The van der Waals surface area contributed by atoms with Crippen molar-refractivity contribution < 1.29 is 10.2 Å². The van der Waals surface area contributed by atoms with Gasteiger partial charge < -0.3 is 10.2 Å². The predicted octanol–water partition coefficient (Wildman–Crippen LogP) is 2.34. The van der Waals surface area contributed by atoms with E-state index in [9.17, 15) is 10.2 Å². The number of aliphatic hydroxyl groups is 2. The van der Waals surface area contributed by atoms with E-state index in [4.69, 9.17) is 0 Å². The molecule has 2 unspecified atom stereocenters. The molecular weight excluding hydrogens is 188 g/mol. The highest BCUT2D eigenvalue weighted by atomic mass is 16.3. The molecule has 0 heterocycles. The molecule has 88 valence electrons. The smallest absolute Gasteiger partial charge is 0.0730 e. The van der Waals surface area contributed by atoms with Gasteiger partial charge >= 0.3 is 0 Å². The maximum absolute atomic E-state index is 10.8. The van der Waals surface area contributed by atoms with Gasteiger partial charge in [-0.1, -0.05) is 20.3 Å². The van der Waals surface area contributed by atoms with Crippen LogP contribution in [0.3, 0.4) is 0 Å². The van der Waals surface area contributed by atoms with E-state index in [1.807, 2.05) is 0 Å². The highest BCUT2D eigenvalue weighted by Gasteiger charge is 2.55. The van der Waals surface area contributed by atoms with E-state index in [0.29, 0.717) is 11.8 Å². The number of rotatable bonds is 2. The third-order valence-corrected chi connectivity index (χ3v) is 4.78. The maximum atomic E-state index is 10.8. The van der Waals surface area contributed by atoms with E-state index in [-0.39, 0.29) is 12.0 Å². The zero-order valence-corrected chi connectivity index (χ0v) is 10.00. The fourth-order valence-corrected chi connectivity index (χ4v) is 3.90. The molecule has 2 atom stereocenters. The molecule has 15 heavy (non-hydrogen) atoms. The molecule has 0 bridgehead atoms. The van der Waals surface area contributed by atoms with E-state index in [2.05, 4.69) is 13.8 Å². The summed E-state index contributed by atoms with van der Waals surface area (Å²) in [6, 6.07) is 0. The maximum Gasteiger partial charge on any atom is 0.0730 e. The molecule has 0 saturated heterocycles. The molecule has 2 fully saturated rings. The largest absolute Gasteiger partial charge is 0.396 e. The van der Waals surface area contributed by atoms with Crippen molar-refractivity contribution in [2.45, 2.75) is 58.0 Å². The summed E-state index contributed by atoms with van der Waals surface area (Å²) in [6.07, 6.45) is 6.20. The molecule has 0 spiro atoms. The van der Waals surface area contributed by atoms with Crippen molar-refractivity contribution in [3.63, 3.8) is 0 Å². The van der Waals surface area contributed by atoms with Crippen molar-refractivity contribution in [3.05, 3.63) is 0 Å². The molecule has 2 heteroatoms. The normalized spacial score (nSPS) is 44.8. The van der Waals surface area contributed by atoms with Gasteiger partial charge in [-0.2, -0.15) is 0 Å². The minimum atomic E-state index is -0.586. The summed E-state index contributed by atoms with van der Waals surface area (Å²) in [4.78, 5) is 0. The SMILES string of the molecule is CC1CC(C)CC(O)(C2(CO)CCC2)C1. The Hall–Kier alpha value is -0.0800. The van der Waals surface area contributed by atoms with Gasteiger partial charge in [-0.05, 0) is 43.9 Å². The second kappa shape index (κ2) is 3.74. The van der Waals surface area contributed by atoms with Crippen LogP contribution in [-0.2, 0) is 0 Å². The van der Waals surface area contributed by atoms with Crippen LogP contribution in [0.4, 0.5) is 0 Å². The van der Waals surface area contributed by atoms with E-state index in [1.165, 1.54) is 12.8 Å². The van der Waals surface area contributed by atoms with Gasteiger partial charge in [0, 0.05) is 5.41 Å². The molecule has 0 amide bonds. The Balaban J connectivity index is 2.16. The van der Waals surface area contributed by atoms with Crippen LogP contribution in [0.5, 0.6) is 0 Å². The zero-order chi connectivity index (χ0) is 11.1. The minimum absolute atomic E-state index is 0.157. The van der Waals surface area contributed by atoms with Crippen molar-refractivity contribution in [1.29, 1.82) is 0 Å². The fraction of sp³-hybridized carbons (Fsp3) is 1.00. The number of hydrogen-bond donors (Lipinski definition) is 2. The Labute approximate surface area is 92.7 Å². The van der Waals surface area contributed by atoms with Crippen molar-refractivity contribution in [1.82, 2.24) is 0 Å². The summed E-state index contributed by atoms with van der Waals surface area (Å²) in [5.41, 5.74) is -0.743. The first kappa shape index (κ1) is 11.4. The van der Waals surface area contributed by atoms with E-state index in [0.717, 1.165) is 25.7 Å². The van der Waals surface area contributed by atoms with E-state index < -0.39 is 5.60 Å². The minimum Gasteiger partial charge on any atom is -0.396 e. The second-order valence-corrected chi connectivity index (χ2v) is 6.18. The van der Waals surface area contributed by atoms with Gasteiger partial charge in [-0.25, -0.2) is 0 Å². The van der Waals surface area contributed by atoms with Gasteiger partial charge in [0.1, 0.15) is 0 Å². The first-order valence-corrected chi connectivity index (χ1v) is 6.35. The Morgan fingerprint density at radius 2 is 1.67 bits per heavy atom. The zero-order valence-electron chi connectivity index (χ0n) is 10.00. The molecule has 2 aliphatic carbocycles. The molecule has 2 saturated carbocycles. The lowest BCUT2D eigenvalue weighted by molar-refractivity contribution is -0.182. The number of aliphatic hydroxyl groups excluding tert-OH is 1. The molecular formula is C13H24O2. The summed E-state index contributed by atoms with van der Waals surface area (Å²) >= 11 is 0. The van der Waals surface area contributed by atoms with Gasteiger partial charge in [0.15, 0.2) is 0 Å². The van der Waals surface area contributed by atoms with Crippen LogP contribution in [0.25, 0.3) is 0 Å². The summed E-state index contributed by atoms with van der Waals surface area (Å²) < 4.78 is 0. The predicted molar refractivity (Wildman–Crippen MR) is 60.5 cm³/mol. The molecule has 2 nitrogen and oxygen atoms in total. The lowest BCUT2D eigenvalue weighted by Gasteiger charge is -2.56. The van der Waals surface area contributed by atoms with Crippen LogP contribution in [-0.4, -0.2) is 22.4 Å². The van der Waals surface area contributed by atoms with Crippen molar-refractivity contribution in [2.24, 2.45) is 17.3 Å². The van der Waals surface area contributed by atoms with Crippen LogP contribution in [0.15, 0.2) is 0 Å². The van der Waals surface area contributed by atoms with Crippen LogP contribution in [0.2, 0.25) is 0 Å². The Morgan fingerprint density at radius 1 is 1.13 bits per heavy atom. The van der Waals surface area contributed by atoms with Crippen molar-refractivity contribution in [3.8, 4) is 0 Å². The highest BCUT2D eigenvalue weighted by Crippen LogP contribution is 2.55. The molecule has 0 aromatic rings. The average molecular weight is 212 g/mol. The monoisotopic (exact) mass is 212 g/mol.